The van der Waals surface area contributed by atoms with Crippen LogP contribution in [-0.4, -0.2) is 26.8 Å². The average molecular weight is 308 g/mol. The number of aromatic nitrogens is 3. The van der Waals surface area contributed by atoms with Crippen LogP contribution in [0.3, 0.4) is 0 Å². The Morgan fingerprint density at radius 1 is 1.04 bits per heavy atom. The van der Waals surface area contributed by atoms with Crippen LogP contribution in [0.25, 0.3) is 11.4 Å². The first-order chi connectivity index (χ1) is 11.1. The van der Waals surface area contributed by atoms with Gasteiger partial charge in [-0.15, -0.1) is 0 Å². The largest absolute Gasteiger partial charge is 0.328 e. The van der Waals surface area contributed by atoms with Crippen molar-refractivity contribution in [3.63, 3.8) is 0 Å². The van der Waals surface area contributed by atoms with Crippen LogP contribution < -0.4 is 5.32 Å². The van der Waals surface area contributed by atoms with E-state index in [2.05, 4.69) is 20.4 Å². The lowest BCUT2D eigenvalue weighted by Crippen LogP contribution is -2.12. The van der Waals surface area contributed by atoms with Gasteiger partial charge < -0.3 is 9.84 Å². The average Bonchev–Trinajstić information content (AvgIpc) is 3.06. The third kappa shape index (κ3) is 3.29. The first kappa shape index (κ1) is 14.6. The number of nitrogens with one attached hydrogen (secondary N) is 1. The van der Waals surface area contributed by atoms with E-state index in [1.165, 1.54) is 6.92 Å². The van der Waals surface area contributed by atoms with Gasteiger partial charge in [0.25, 0.3) is 0 Å². The molecule has 0 fully saturated rings. The molecule has 2 heterocycles. The summed E-state index contributed by atoms with van der Waals surface area (Å²) in [5, 5.41) is 6.40. The molecule has 0 aliphatic carbocycles. The van der Waals surface area contributed by atoms with Crippen molar-refractivity contribution in [2.75, 3.05) is 5.32 Å². The van der Waals surface area contributed by atoms with E-state index >= 15 is 0 Å². The number of hydrogen-bond donors (Lipinski definition) is 1. The van der Waals surface area contributed by atoms with Crippen molar-refractivity contribution >= 4 is 17.4 Å². The molecule has 0 atom stereocenters. The molecule has 2 aromatic heterocycles. The molecule has 1 aromatic carbocycles. The highest BCUT2D eigenvalue weighted by molar-refractivity contribution is 6.01. The summed E-state index contributed by atoms with van der Waals surface area (Å²) >= 11 is 0. The highest BCUT2D eigenvalue weighted by Gasteiger charge is 2.16. The molecule has 0 radical (unpaired) electrons. The van der Waals surface area contributed by atoms with Crippen molar-refractivity contribution in [2.24, 2.45) is 0 Å². The number of carbonyl (C=O) groups is 2. The van der Waals surface area contributed by atoms with Crippen molar-refractivity contribution in [1.29, 1.82) is 0 Å². The topological polar surface area (TPSA) is 98.0 Å². The molecule has 0 unspecified atom stereocenters. The van der Waals surface area contributed by atoms with Crippen LogP contribution in [0.1, 0.15) is 28.0 Å². The van der Waals surface area contributed by atoms with Crippen LogP contribution in [0, 0.1) is 0 Å². The zero-order valence-electron chi connectivity index (χ0n) is 12.2. The third-order valence-corrected chi connectivity index (χ3v) is 3.11. The van der Waals surface area contributed by atoms with Gasteiger partial charge in [0.05, 0.1) is 0 Å². The van der Waals surface area contributed by atoms with Gasteiger partial charge in [0.15, 0.2) is 5.78 Å². The van der Waals surface area contributed by atoms with Crippen molar-refractivity contribution in [2.45, 2.75) is 6.92 Å². The Hall–Kier alpha value is -3.35. The molecule has 1 N–H and O–H groups in total. The minimum Gasteiger partial charge on any atom is -0.328 e. The zero-order chi connectivity index (χ0) is 16.2. The van der Waals surface area contributed by atoms with Gasteiger partial charge in [-0.3, -0.25) is 14.6 Å². The van der Waals surface area contributed by atoms with Gasteiger partial charge in [-0.05, 0) is 43.3 Å². The standard InChI is InChI=1S/C16H12N4O3/c1-10(21)11-2-4-13(5-3-11)18-15(22)16-19-14(20-23-16)12-6-8-17-9-7-12/h2-9H,1H3,(H,18,22). The quantitative estimate of drug-likeness (QED) is 0.744. The number of anilines is 1. The fourth-order valence-corrected chi connectivity index (χ4v) is 1.91. The second kappa shape index (κ2) is 6.18. The Morgan fingerprint density at radius 3 is 2.39 bits per heavy atom. The van der Waals surface area contributed by atoms with Crippen LogP contribution in [0.5, 0.6) is 0 Å². The first-order valence-corrected chi connectivity index (χ1v) is 6.80. The normalized spacial score (nSPS) is 10.3. The SMILES string of the molecule is CC(=O)c1ccc(NC(=O)c2nc(-c3ccncc3)no2)cc1. The molecule has 3 rings (SSSR count). The van der Waals surface area contributed by atoms with Gasteiger partial charge in [0.2, 0.25) is 5.82 Å². The Bertz CT molecular complexity index is 841. The van der Waals surface area contributed by atoms with E-state index in [0.29, 0.717) is 22.6 Å². The van der Waals surface area contributed by atoms with Gasteiger partial charge in [-0.1, -0.05) is 5.16 Å². The van der Waals surface area contributed by atoms with Crippen LogP contribution >= 0.6 is 0 Å². The van der Waals surface area contributed by atoms with Crippen molar-refractivity contribution in [3.05, 3.63) is 60.2 Å². The number of carbonyl (C=O) groups excluding carboxylic acids is 2. The fourth-order valence-electron chi connectivity index (χ4n) is 1.91. The van der Waals surface area contributed by atoms with E-state index in [1.807, 2.05) is 0 Å². The predicted octanol–water partition coefficient (Wildman–Crippen LogP) is 2.59. The summed E-state index contributed by atoms with van der Waals surface area (Å²) < 4.78 is 4.97. The van der Waals surface area contributed by atoms with E-state index in [0.717, 1.165) is 0 Å². The molecular formula is C16H12N4O3. The summed E-state index contributed by atoms with van der Waals surface area (Å²) in [5.74, 6) is -0.396. The molecule has 0 bridgehead atoms. The molecule has 0 saturated carbocycles. The number of amides is 1. The van der Waals surface area contributed by atoms with Gasteiger partial charge in [-0.2, -0.15) is 4.98 Å². The molecule has 7 nitrogen and oxygen atoms in total. The van der Waals surface area contributed by atoms with E-state index in [1.54, 1.807) is 48.8 Å². The number of hydrogen-bond acceptors (Lipinski definition) is 6. The van der Waals surface area contributed by atoms with E-state index in [4.69, 9.17) is 4.52 Å². The number of benzene rings is 1. The Labute approximate surface area is 131 Å². The maximum absolute atomic E-state index is 12.1. The smallest absolute Gasteiger partial charge is 0.316 e. The van der Waals surface area contributed by atoms with Gasteiger partial charge in [-0.25, -0.2) is 0 Å². The van der Waals surface area contributed by atoms with Crippen LogP contribution in [0.15, 0.2) is 53.3 Å². The highest BCUT2D eigenvalue weighted by atomic mass is 16.5. The van der Waals surface area contributed by atoms with Crippen LogP contribution in [-0.2, 0) is 0 Å². The maximum atomic E-state index is 12.1. The number of Topliss-reactive ketones (excluding diaryl/α,β-unsaturated/α-hetero) is 1. The summed E-state index contributed by atoms with van der Waals surface area (Å²) in [7, 11) is 0. The molecule has 0 saturated heterocycles. The third-order valence-electron chi connectivity index (χ3n) is 3.11. The molecule has 0 aliphatic heterocycles. The predicted molar refractivity (Wildman–Crippen MR) is 81.9 cm³/mol. The minimum absolute atomic E-state index is 0.0400. The molecule has 3 aromatic rings. The number of nitrogens with zero attached hydrogens (tertiary/aromatic N) is 3. The monoisotopic (exact) mass is 308 g/mol. The first-order valence-electron chi connectivity index (χ1n) is 6.80. The minimum atomic E-state index is -0.520. The lowest BCUT2D eigenvalue weighted by Gasteiger charge is -2.02. The number of ketones is 1. The van der Waals surface area contributed by atoms with Gasteiger partial charge in [0, 0.05) is 29.2 Å². The van der Waals surface area contributed by atoms with Crippen molar-refractivity contribution in [1.82, 2.24) is 15.1 Å². The summed E-state index contributed by atoms with van der Waals surface area (Å²) in [4.78, 5) is 31.3. The second-order valence-electron chi connectivity index (χ2n) is 4.75. The maximum Gasteiger partial charge on any atom is 0.316 e. The van der Waals surface area contributed by atoms with Gasteiger partial charge >= 0.3 is 11.8 Å². The Morgan fingerprint density at radius 2 is 1.74 bits per heavy atom. The Balaban J connectivity index is 1.74. The molecule has 0 aliphatic rings. The second-order valence-corrected chi connectivity index (χ2v) is 4.75. The lowest BCUT2D eigenvalue weighted by atomic mass is 10.1. The Kier molecular flexibility index (Phi) is 3.92. The molecular weight excluding hydrogens is 296 g/mol. The molecule has 114 valence electrons. The van der Waals surface area contributed by atoms with E-state index < -0.39 is 5.91 Å². The molecule has 23 heavy (non-hydrogen) atoms. The highest BCUT2D eigenvalue weighted by Crippen LogP contribution is 2.15. The summed E-state index contributed by atoms with van der Waals surface area (Å²) in [6, 6.07) is 9.96. The van der Waals surface area contributed by atoms with Crippen molar-refractivity contribution in [3.8, 4) is 11.4 Å². The zero-order valence-corrected chi connectivity index (χ0v) is 12.2. The van der Waals surface area contributed by atoms with E-state index in [-0.39, 0.29) is 11.7 Å². The van der Waals surface area contributed by atoms with Crippen LogP contribution in [0.4, 0.5) is 5.69 Å². The summed E-state index contributed by atoms with van der Waals surface area (Å²) in [6.45, 7) is 1.48. The summed E-state index contributed by atoms with van der Waals surface area (Å²) in [6.07, 6.45) is 3.20. The summed E-state index contributed by atoms with van der Waals surface area (Å²) in [5.41, 5.74) is 1.80. The molecule has 1 amide bonds. The van der Waals surface area contributed by atoms with Crippen molar-refractivity contribution < 1.29 is 14.1 Å². The lowest BCUT2D eigenvalue weighted by molar-refractivity contribution is 0.0980. The molecule has 0 spiro atoms. The molecule has 7 heteroatoms. The number of rotatable bonds is 4. The fraction of sp³-hybridized carbons (Fsp3) is 0.0625. The van der Waals surface area contributed by atoms with E-state index in [9.17, 15) is 9.59 Å². The van der Waals surface area contributed by atoms with Crippen LogP contribution in [0.2, 0.25) is 0 Å². The van der Waals surface area contributed by atoms with Gasteiger partial charge in [0.1, 0.15) is 0 Å². The number of pyridine rings is 1.